The van der Waals surface area contributed by atoms with Crippen molar-refractivity contribution in [3.8, 4) is 0 Å². The lowest BCUT2D eigenvalue weighted by molar-refractivity contribution is -0.267. The van der Waals surface area contributed by atoms with Crippen molar-refractivity contribution in [2.75, 3.05) is 13.7 Å². The molecule has 1 fully saturated rings. The largest absolute Gasteiger partial charge is 0.459 e. The lowest BCUT2D eigenvalue weighted by Crippen LogP contribution is -2.51. The third-order valence-electron chi connectivity index (χ3n) is 6.45. The third kappa shape index (κ3) is 4.28. The summed E-state index contributed by atoms with van der Waals surface area (Å²) in [5.74, 6) is -3.58. The van der Waals surface area contributed by atoms with E-state index in [0.29, 0.717) is 0 Å². The molecule has 0 unspecified atom stereocenters. The number of benzene rings is 2. The number of hydrogen-bond acceptors (Lipinski definition) is 9. The van der Waals surface area contributed by atoms with E-state index in [2.05, 4.69) is 9.97 Å². The normalized spacial score (nSPS) is 24.8. The van der Waals surface area contributed by atoms with Crippen molar-refractivity contribution in [1.82, 2.24) is 9.97 Å². The topological polar surface area (TPSA) is 117 Å². The van der Waals surface area contributed by atoms with Crippen molar-refractivity contribution in [3.05, 3.63) is 98.7 Å². The van der Waals surface area contributed by atoms with Gasteiger partial charge >= 0.3 is 11.9 Å². The number of esters is 2. The zero-order chi connectivity index (χ0) is 26.9. The molecule has 2 aromatic carbocycles. The number of rotatable bonds is 7. The fourth-order valence-corrected chi connectivity index (χ4v) is 5.75. The quantitative estimate of drug-likeness (QED) is 0.351. The van der Waals surface area contributed by atoms with Crippen molar-refractivity contribution in [1.29, 1.82) is 0 Å². The second kappa shape index (κ2) is 10.1. The van der Waals surface area contributed by atoms with Crippen LogP contribution in [0.15, 0.2) is 77.2 Å². The number of aromatic nitrogens is 2. The number of halogens is 1. The molecule has 5 rings (SSSR count). The van der Waals surface area contributed by atoms with Crippen LogP contribution < -0.4 is 5.56 Å². The monoisotopic (exact) mass is 538 g/mol. The van der Waals surface area contributed by atoms with Gasteiger partial charge in [-0.05, 0) is 31.2 Å². The first-order valence-corrected chi connectivity index (χ1v) is 12.5. The highest BCUT2D eigenvalue weighted by atomic mass is 32.1. The van der Waals surface area contributed by atoms with Gasteiger partial charge in [-0.15, -0.1) is 11.3 Å². The van der Waals surface area contributed by atoms with Crippen LogP contribution in [-0.2, 0) is 24.7 Å². The van der Waals surface area contributed by atoms with Gasteiger partial charge < -0.3 is 23.9 Å². The molecule has 9 nitrogen and oxygen atoms in total. The predicted octanol–water partition coefficient (Wildman–Crippen LogP) is 3.99. The van der Waals surface area contributed by atoms with Crippen LogP contribution in [0.2, 0.25) is 0 Å². The summed E-state index contributed by atoms with van der Waals surface area (Å²) in [7, 11) is 1.24. The van der Waals surface area contributed by atoms with E-state index < -0.39 is 47.8 Å². The molecule has 4 aromatic rings. The molecular formula is C27H23FN2O7S. The number of carbonyl (C=O) groups excluding carboxylic acids is 2. The summed E-state index contributed by atoms with van der Waals surface area (Å²) in [5, 5.41) is 1.74. The van der Waals surface area contributed by atoms with Crippen LogP contribution in [0.5, 0.6) is 0 Å². The number of hydrogen-bond donors (Lipinski definition) is 1. The average Bonchev–Trinajstić information content (AvgIpc) is 3.46. The van der Waals surface area contributed by atoms with Gasteiger partial charge in [0.1, 0.15) is 12.7 Å². The maximum Gasteiger partial charge on any atom is 0.338 e. The Hall–Kier alpha value is -3.93. The van der Waals surface area contributed by atoms with Crippen LogP contribution in [0.1, 0.15) is 32.5 Å². The van der Waals surface area contributed by atoms with E-state index in [0.717, 1.165) is 11.3 Å². The Morgan fingerprint density at radius 2 is 1.71 bits per heavy atom. The Morgan fingerprint density at radius 1 is 1.08 bits per heavy atom. The minimum atomic E-state index is -2.50. The number of ether oxygens (including phenoxy) is 4. The van der Waals surface area contributed by atoms with E-state index in [1.165, 1.54) is 37.9 Å². The van der Waals surface area contributed by atoms with Gasteiger partial charge in [-0.2, -0.15) is 0 Å². The van der Waals surface area contributed by atoms with Gasteiger partial charge in [-0.3, -0.25) is 4.79 Å². The Kier molecular flexibility index (Phi) is 6.82. The summed E-state index contributed by atoms with van der Waals surface area (Å²) in [4.78, 5) is 44.8. The molecule has 1 saturated heterocycles. The van der Waals surface area contributed by atoms with Crippen molar-refractivity contribution in [2.45, 2.75) is 30.6 Å². The number of carbonyl (C=O) groups is 2. The lowest BCUT2D eigenvalue weighted by Gasteiger charge is -2.35. The highest BCUT2D eigenvalue weighted by Crippen LogP contribution is 2.54. The fourth-order valence-electron chi connectivity index (χ4n) is 4.53. The van der Waals surface area contributed by atoms with Crippen LogP contribution >= 0.6 is 11.3 Å². The molecular weight excluding hydrogens is 515 g/mol. The van der Waals surface area contributed by atoms with Crippen LogP contribution in [0.3, 0.4) is 0 Å². The maximum atomic E-state index is 17.0. The first-order chi connectivity index (χ1) is 18.3. The predicted molar refractivity (Wildman–Crippen MR) is 136 cm³/mol. The average molecular weight is 539 g/mol. The van der Waals surface area contributed by atoms with Gasteiger partial charge in [0.25, 0.3) is 5.56 Å². The molecule has 2 aromatic heterocycles. The maximum absolute atomic E-state index is 17.0. The number of nitrogens with zero attached hydrogens (tertiary/aromatic N) is 1. The number of fused-ring (bicyclic) bond motifs is 1. The smallest absolute Gasteiger partial charge is 0.338 e. The molecule has 0 amide bonds. The summed E-state index contributed by atoms with van der Waals surface area (Å²) in [6.07, 6.45) is -1.62. The number of methoxy groups -OCH3 is 1. The fraction of sp³-hybridized carbons (Fsp3) is 0.259. The summed E-state index contributed by atoms with van der Waals surface area (Å²) < 4.78 is 39.9. The Labute approximate surface area is 220 Å². The first-order valence-electron chi connectivity index (χ1n) is 11.6. The SMILES string of the molecule is CO[C@@]1(c2scc3c(=O)[nH]cnc23)O[C@H](COC(=O)c2ccccc2)[C@@H](OC(=O)c2ccccc2)[C@@]1(C)F. The zero-order valence-corrected chi connectivity index (χ0v) is 21.2. The highest BCUT2D eigenvalue weighted by Gasteiger charge is 2.69. The molecule has 0 spiro atoms. The molecule has 0 radical (unpaired) electrons. The minimum absolute atomic E-state index is 0.170. The van der Waals surface area contributed by atoms with Crippen molar-refractivity contribution in [3.63, 3.8) is 0 Å². The van der Waals surface area contributed by atoms with E-state index in [4.69, 9.17) is 18.9 Å². The van der Waals surface area contributed by atoms with Crippen LogP contribution in [0, 0.1) is 0 Å². The number of thiophene rings is 1. The van der Waals surface area contributed by atoms with E-state index in [-0.39, 0.29) is 26.9 Å². The zero-order valence-electron chi connectivity index (χ0n) is 20.4. The second-order valence-electron chi connectivity index (χ2n) is 8.77. The number of H-pyrrole nitrogens is 1. The minimum Gasteiger partial charge on any atom is -0.459 e. The van der Waals surface area contributed by atoms with E-state index in [1.807, 2.05) is 0 Å². The van der Waals surface area contributed by atoms with E-state index >= 15 is 4.39 Å². The van der Waals surface area contributed by atoms with Crippen LogP contribution in [-0.4, -0.2) is 53.5 Å². The highest BCUT2D eigenvalue weighted by molar-refractivity contribution is 7.11. The molecule has 1 aliphatic heterocycles. The molecule has 0 aliphatic carbocycles. The first kappa shape index (κ1) is 25.7. The van der Waals surface area contributed by atoms with Crippen molar-refractivity contribution < 1.29 is 32.9 Å². The third-order valence-corrected chi connectivity index (χ3v) is 7.50. The molecule has 0 bridgehead atoms. The number of aromatic amines is 1. The summed E-state index contributed by atoms with van der Waals surface area (Å²) >= 11 is 1.02. The Morgan fingerprint density at radius 3 is 2.34 bits per heavy atom. The molecule has 1 aliphatic rings. The van der Waals surface area contributed by atoms with Gasteiger partial charge in [0.15, 0.2) is 6.10 Å². The van der Waals surface area contributed by atoms with E-state index in [1.54, 1.807) is 48.5 Å². The van der Waals surface area contributed by atoms with Gasteiger partial charge in [-0.25, -0.2) is 19.0 Å². The standard InChI is InChI=1S/C27H23FN2O7S/c1-26(28)21(36-25(33)17-11-7-4-8-12-17)19(13-35-24(32)16-9-5-3-6-10-16)37-27(26,34-2)22-20-18(14-38-22)23(31)30-15-29-20/h3-12,14-15,19,21H,13H2,1-2H3,(H,29,30,31)/t19-,21-,26-,27+/m1/s1. The summed E-state index contributed by atoms with van der Waals surface area (Å²) in [5.41, 5.74) is -2.25. The van der Waals surface area contributed by atoms with Crippen molar-refractivity contribution in [2.24, 2.45) is 0 Å². The molecule has 196 valence electrons. The van der Waals surface area contributed by atoms with Crippen LogP contribution in [0.25, 0.3) is 10.9 Å². The molecule has 1 N–H and O–H groups in total. The van der Waals surface area contributed by atoms with Gasteiger partial charge in [-0.1, -0.05) is 36.4 Å². The van der Waals surface area contributed by atoms with Crippen molar-refractivity contribution >= 4 is 34.2 Å². The molecule has 38 heavy (non-hydrogen) atoms. The van der Waals surface area contributed by atoms with Gasteiger partial charge in [0.2, 0.25) is 11.5 Å². The Balaban J connectivity index is 1.53. The van der Waals surface area contributed by atoms with Gasteiger partial charge in [0.05, 0.1) is 33.2 Å². The lowest BCUT2D eigenvalue weighted by atomic mass is 9.89. The summed E-state index contributed by atoms with van der Waals surface area (Å²) in [6, 6.07) is 16.3. The molecule has 3 heterocycles. The number of nitrogens with one attached hydrogen (secondary N) is 1. The van der Waals surface area contributed by atoms with E-state index in [9.17, 15) is 14.4 Å². The Bertz CT molecular complexity index is 1520. The van der Waals surface area contributed by atoms with Crippen LogP contribution in [0.4, 0.5) is 4.39 Å². The molecule has 0 saturated carbocycles. The number of alkyl halides is 1. The van der Waals surface area contributed by atoms with Gasteiger partial charge in [0, 0.05) is 12.5 Å². The second-order valence-corrected chi connectivity index (χ2v) is 9.65. The summed E-state index contributed by atoms with van der Waals surface area (Å²) in [6.45, 7) is 0.736. The molecule has 11 heteroatoms. The molecule has 4 atom stereocenters.